The van der Waals surface area contributed by atoms with E-state index in [2.05, 4.69) is 25.7 Å². The number of carbonyl (C=O) groups excluding carboxylic acids is 2. The lowest BCUT2D eigenvalue weighted by Crippen LogP contribution is -2.32. The van der Waals surface area contributed by atoms with Gasteiger partial charge in [-0.05, 0) is 25.8 Å². The fourth-order valence-corrected chi connectivity index (χ4v) is 2.58. The van der Waals surface area contributed by atoms with Crippen LogP contribution in [0.4, 0.5) is 0 Å². The predicted molar refractivity (Wildman–Crippen MR) is 83.2 cm³/mol. The van der Waals surface area contributed by atoms with Crippen LogP contribution in [0.1, 0.15) is 20.8 Å². The molecule has 0 radical (unpaired) electrons. The van der Waals surface area contributed by atoms with E-state index in [0.717, 1.165) is 6.04 Å². The van der Waals surface area contributed by atoms with Crippen LogP contribution in [0.15, 0.2) is 12.2 Å². The highest BCUT2D eigenvalue weighted by Crippen LogP contribution is 2.19. The molecule has 0 aliphatic rings. The van der Waals surface area contributed by atoms with Crippen LogP contribution < -0.4 is 0 Å². The number of ether oxygens (including phenoxy) is 2. The summed E-state index contributed by atoms with van der Waals surface area (Å²) in [7, 11) is -1.16. The number of rotatable bonds is 8. The first-order chi connectivity index (χ1) is 9.22. The van der Waals surface area contributed by atoms with Crippen molar-refractivity contribution in [3.63, 3.8) is 0 Å². The van der Waals surface area contributed by atoms with Gasteiger partial charge in [-0.2, -0.15) is 0 Å². The summed E-state index contributed by atoms with van der Waals surface area (Å²) < 4.78 is 9.95. The van der Waals surface area contributed by atoms with Gasteiger partial charge in [0.2, 0.25) is 0 Å². The molecule has 1 unspecified atom stereocenters. The predicted octanol–water partition coefficient (Wildman–Crippen LogP) is 3.26. The molecule has 1 atom stereocenters. The average molecular weight is 300 g/mol. The number of allylic oxidation sites excluding steroid dienone is 2. The largest absolute Gasteiger partial charge is 0.465 e. The van der Waals surface area contributed by atoms with Gasteiger partial charge in [-0.25, -0.2) is 0 Å². The van der Waals surface area contributed by atoms with Gasteiger partial charge in [0.1, 0.15) is 0 Å². The fourth-order valence-electron chi connectivity index (χ4n) is 1.74. The summed E-state index contributed by atoms with van der Waals surface area (Å²) in [4.78, 5) is 23.8. The SMILES string of the molecule is CCOC(=O)C(C(=O)OCC)C(C)/C=C/C[Si](C)(C)C. The maximum Gasteiger partial charge on any atom is 0.320 e. The molecule has 0 saturated heterocycles. The third-order valence-electron chi connectivity index (χ3n) is 2.78. The van der Waals surface area contributed by atoms with Gasteiger partial charge in [0, 0.05) is 8.07 Å². The Morgan fingerprint density at radius 1 is 1.05 bits per heavy atom. The van der Waals surface area contributed by atoms with Crippen molar-refractivity contribution in [1.82, 2.24) is 0 Å². The monoisotopic (exact) mass is 300 g/mol. The summed E-state index contributed by atoms with van der Waals surface area (Å²) in [6.07, 6.45) is 4.00. The van der Waals surface area contributed by atoms with Gasteiger partial charge in [-0.3, -0.25) is 9.59 Å². The number of carbonyl (C=O) groups is 2. The van der Waals surface area contributed by atoms with Crippen molar-refractivity contribution in [3.8, 4) is 0 Å². The first kappa shape index (κ1) is 18.9. The minimum Gasteiger partial charge on any atom is -0.465 e. The molecule has 0 spiro atoms. The van der Waals surface area contributed by atoms with Gasteiger partial charge >= 0.3 is 11.9 Å². The third-order valence-corrected chi connectivity index (χ3v) is 4.24. The Kier molecular flexibility index (Phi) is 8.45. The quantitative estimate of drug-likeness (QED) is 0.299. The lowest BCUT2D eigenvalue weighted by molar-refractivity contribution is -0.163. The molecule has 0 aromatic carbocycles. The molecule has 0 aromatic rings. The van der Waals surface area contributed by atoms with E-state index in [1.807, 2.05) is 13.0 Å². The van der Waals surface area contributed by atoms with Gasteiger partial charge in [0.05, 0.1) is 13.2 Å². The van der Waals surface area contributed by atoms with E-state index >= 15 is 0 Å². The maximum atomic E-state index is 11.9. The van der Waals surface area contributed by atoms with Crippen LogP contribution in [0.25, 0.3) is 0 Å². The zero-order chi connectivity index (χ0) is 15.8. The van der Waals surface area contributed by atoms with E-state index in [4.69, 9.17) is 9.47 Å². The van der Waals surface area contributed by atoms with Crippen LogP contribution in [-0.4, -0.2) is 33.2 Å². The highest BCUT2D eigenvalue weighted by atomic mass is 28.3. The summed E-state index contributed by atoms with van der Waals surface area (Å²) in [5.41, 5.74) is 0. The van der Waals surface area contributed by atoms with Crippen molar-refractivity contribution in [3.05, 3.63) is 12.2 Å². The average Bonchev–Trinajstić information content (AvgIpc) is 2.28. The van der Waals surface area contributed by atoms with E-state index in [-0.39, 0.29) is 19.1 Å². The summed E-state index contributed by atoms with van der Waals surface area (Å²) in [6.45, 7) is 12.7. The van der Waals surface area contributed by atoms with Crippen LogP contribution in [0, 0.1) is 11.8 Å². The molecule has 0 aliphatic carbocycles. The topological polar surface area (TPSA) is 52.6 Å². The number of hydrogen-bond donors (Lipinski definition) is 0. The molecule has 116 valence electrons. The Hall–Kier alpha value is -1.10. The van der Waals surface area contributed by atoms with Crippen LogP contribution in [0.2, 0.25) is 25.7 Å². The molecular formula is C15H28O4Si. The van der Waals surface area contributed by atoms with Gasteiger partial charge in [-0.1, -0.05) is 38.7 Å². The summed E-state index contributed by atoms with van der Waals surface area (Å²) in [5, 5.41) is 0. The lowest BCUT2D eigenvalue weighted by atomic mass is 9.93. The van der Waals surface area contributed by atoms with E-state index < -0.39 is 25.9 Å². The second-order valence-corrected chi connectivity index (χ2v) is 11.6. The third kappa shape index (κ3) is 7.48. The Bertz CT molecular complexity index is 326. The first-order valence-corrected chi connectivity index (χ1v) is 10.9. The van der Waals surface area contributed by atoms with Crippen molar-refractivity contribution in [1.29, 1.82) is 0 Å². The molecule has 0 amide bonds. The fraction of sp³-hybridized carbons (Fsp3) is 0.733. The van der Waals surface area contributed by atoms with Crippen molar-refractivity contribution in [2.45, 2.75) is 46.5 Å². The van der Waals surface area contributed by atoms with Gasteiger partial charge < -0.3 is 9.47 Å². The highest BCUT2D eigenvalue weighted by Gasteiger charge is 2.33. The molecule has 0 saturated carbocycles. The van der Waals surface area contributed by atoms with E-state index in [0.29, 0.717) is 0 Å². The van der Waals surface area contributed by atoms with Crippen molar-refractivity contribution in [2.75, 3.05) is 13.2 Å². The standard InChI is InChI=1S/C15H28O4Si/c1-7-18-14(16)13(15(17)19-8-2)12(3)10-9-11-20(4,5)6/h9-10,12-13H,7-8,11H2,1-6H3/b10-9+. The normalized spacial score (nSPS) is 13.6. The first-order valence-electron chi connectivity index (χ1n) is 7.22. The highest BCUT2D eigenvalue weighted by molar-refractivity contribution is 6.76. The van der Waals surface area contributed by atoms with E-state index in [9.17, 15) is 9.59 Å². The van der Waals surface area contributed by atoms with Gasteiger partial charge in [-0.15, -0.1) is 0 Å². The summed E-state index contributed by atoms with van der Waals surface area (Å²) >= 11 is 0. The number of esters is 2. The van der Waals surface area contributed by atoms with E-state index in [1.165, 1.54) is 0 Å². The van der Waals surface area contributed by atoms with Gasteiger partial charge in [0.25, 0.3) is 0 Å². The van der Waals surface area contributed by atoms with E-state index in [1.54, 1.807) is 13.8 Å². The Balaban J connectivity index is 4.84. The zero-order valence-electron chi connectivity index (χ0n) is 13.6. The Morgan fingerprint density at radius 3 is 1.85 bits per heavy atom. The Morgan fingerprint density at radius 2 is 1.50 bits per heavy atom. The summed E-state index contributed by atoms with van der Waals surface area (Å²) in [6, 6.07) is 1.02. The van der Waals surface area contributed by atoms with Crippen LogP contribution in [-0.2, 0) is 19.1 Å². The summed E-state index contributed by atoms with van der Waals surface area (Å²) in [5.74, 6) is -2.09. The minimum absolute atomic E-state index is 0.218. The molecular weight excluding hydrogens is 272 g/mol. The van der Waals surface area contributed by atoms with Crippen LogP contribution in [0.3, 0.4) is 0 Å². The lowest BCUT2D eigenvalue weighted by Gasteiger charge is -2.19. The molecule has 0 N–H and O–H groups in total. The van der Waals surface area contributed by atoms with Gasteiger partial charge in [0.15, 0.2) is 5.92 Å². The zero-order valence-corrected chi connectivity index (χ0v) is 14.6. The molecule has 0 bridgehead atoms. The van der Waals surface area contributed by atoms with Crippen LogP contribution >= 0.6 is 0 Å². The molecule has 0 aromatic heterocycles. The second-order valence-electron chi connectivity index (χ2n) is 6.03. The molecule has 4 nitrogen and oxygen atoms in total. The smallest absolute Gasteiger partial charge is 0.320 e. The second kappa shape index (κ2) is 8.95. The van der Waals surface area contributed by atoms with Crippen molar-refractivity contribution < 1.29 is 19.1 Å². The molecule has 5 heteroatoms. The van der Waals surface area contributed by atoms with Crippen molar-refractivity contribution in [2.24, 2.45) is 11.8 Å². The molecule has 20 heavy (non-hydrogen) atoms. The number of hydrogen-bond acceptors (Lipinski definition) is 4. The molecule has 0 heterocycles. The minimum atomic E-state index is -1.16. The van der Waals surface area contributed by atoms with Crippen LogP contribution in [0.5, 0.6) is 0 Å². The Labute approximate surface area is 123 Å². The maximum absolute atomic E-state index is 11.9. The molecule has 0 rings (SSSR count). The van der Waals surface area contributed by atoms with Crippen molar-refractivity contribution >= 4 is 20.0 Å². The molecule has 0 fully saturated rings. The molecule has 0 aliphatic heterocycles.